The molecule has 2 aromatic rings. The third kappa shape index (κ3) is 2.30. The highest BCUT2D eigenvalue weighted by Gasteiger charge is 2.11. The lowest BCUT2D eigenvalue weighted by molar-refractivity contribution is 0.0600. The summed E-state index contributed by atoms with van der Waals surface area (Å²) in [5.41, 5.74) is 1.07. The normalized spacial score (nSPS) is 10.0. The molecule has 17 heavy (non-hydrogen) atoms. The van der Waals surface area contributed by atoms with E-state index in [2.05, 4.69) is 9.72 Å². The van der Waals surface area contributed by atoms with E-state index in [1.807, 2.05) is 0 Å². The first-order valence-electron chi connectivity index (χ1n) is 5.01. The molecule has 1 aromatic carbocycles. The summed E-state index contributed by atoms with van der Waals surface area (Å²) in [6.45, 7) is 0. The van der Waals surface area contributed by atoms with Crippen LogP contribution in [0.3, 0.4) is 0 Å². The number of nitrogens with zero attached hydrogens (tertiary/aromatic N) is 1. The fourth-order valence-electron chi connectivity index (χ4n) is 1.49. The van der Waals surface area contributed by atoms with Crippen LogP contribution < -0.4 is 0 Å². The lowest BCUT2D eigenvalue weighted by Crippen LogP contribution is -2.02. The number of esters is 1. The molecule has 0 fully saturated rings. The molecule has 86 valence electrons. The fourth-order valence-corrected chi connectivity index (χ4v) is 1.49. The number of pyridine rings is 1. The van der Waals surface area contributed by atoms with E-state index in [0.717, 1.165) is 0 Å². The van der Waals surface area contributed by atoms with Gasteiger partial charge in [0.05, 0.1) is 18.4 Å². The first-order valence-corrected chi connectivity index (χ1v) is 5.01. The first kappa shape index (κ1) is 11.3. The van der Waals surface area contributed by atoms with E-state index in [1.54, 1.807) is 24.4 Å². The van der Waals surface area contributed by atoms with E-state index in [-0.39, 0.29) is 5.56 Å². The fraction of sp³-hybridized carbons (Fsp3) is 0.0769. The summed E-state index contributed by atoms with van der Waals surface area (Å²) < 4.78 is 18.2. The second-order valence-corrected chi connectivity index (χ2v) is 3.40. The molecule has 0 spiro atoms. The lowest BCUT2D eigenvalue weighted by Gasteiger charge is -2.05. The minimum Gasteiger partial charge on any atom is -0.465 e. The molecule has 0 N–H and O–H groups in total. The van der Waals surface area contributed by atoms with Crippen molar-refractivity contribution < 1.29 is 13.9 Å². The van der Waals surface area contributed by atoms with Gasteiger partial charge in [0.15, 0.2) is 0 Å². The average Bonchev–Trinajstić information content (AvgIpc) is 2.39. The van der Waals surface area contributed by atoms with E-state index in [1.165, 1.54) is 25.3 Å². The third-order valence-corrected chi connectivity index (χ3v) is 2.33. The molecule has 0 saturated carbocycles. The molecule has 0 aliphatic heterocycles. The highest BCUT2D eigenvalue weighted by molar-refractivity contribution is 5.90. The van der Waals surface area contributed by atoms with E-state index in [4.69, 9.17) is 0 Å². The van der Waals surface area contributed by atoms with Gasteiger partial charge in [-0.25, -0.2) is 9.18 Å². The second-order valence-electron chi connectivity index (χ2n) is 3.40. The summed E-state index contributed by atoms with van der Waals surface area (Å²) in [5, 5.41) is 0. The summed E-state index contributed by atoms with van der Waals surface area (Å²) in [4.78, 5) is 15.4. The molecule has 0 radical (unpaired) electrons. The smallest absolute Gasteiger partial charge is 0.337 e. The van der Waals surface area contributed by atoms with E-state index >= 15 is 0 Å². The standard InChI is InChI=1S/C13H10FNO2/c1-17-13(16)9-5-6-11(14)10(8-9)12-4-2-3-7-15-12/h2-8H,1H3. The summed E-state index contributed by atoms with van der Waals surface area (Å²) in [6, 6.07) is 9.23. The first-order chi connectivity index (χ1) is 8.22. The number of methoxy groups -OCH3 is 1. The largest absolute Gasteiger partial charge is 0.465 e. The van der Waals surface area contributed by atoms with Crippen LogP contribution in [0, 0.1) is 5.82 Å². The molecule has 3 nitrogen and oxygen atoms in total. The van der Waals surface area contributed by atoms with Crippen LogP contribution in [0.4, 0.5) is 4.39 Å². The van der Waals surface area contributed by atoms with Crippen LogP contribution in [0.1, 0.15) is 10.4 Å². The topological polar surface area (TPSA) is 39.2 Å². The number of rotatable bonds is 2. The van der Waals surface area contributed by atoms with Crippen LogP contribution in [0.15, 0.2) is 42.6 Å². The summed E-state index contributed by atoms with van der Waals surface area (Å²) in [5.74, 6) is -0.918. The van der Waals surface area contributed by atoms with Gasteiger partial charge in [-0.3, -0.25) is 4.98 Å². The zero-order valence-electron chi connectivity index (χ0n) is 9.18. The third-order valence-electron chi connectivity index (χ3n) is 2.33. The monoisotopic (exact) mass is 231 g/mol. The van der Waals surface area contributed by atoms with Crippen molar-refractivity contribution in [2.45, 2.75) is 0 Å². The number of ether oxygens (including phenoxy) is 1. The van der Waals surface area contributed by atoms with Gasteiger partial charge in [0.25, 0.3) is 0 Å². The van der Waals surface area contributed by atoms with Gasteiger partial charge in [0.1, 0.15) is 5.82 Å². The summed E-state index contributed by atoms with van der Waals surface area (Å²) in [7, 11) is 1.28. The molecule has 0 saturated heterocycles. The van der Waals surface area contributed by atoms with Crippen molar-refractivity contribution in [1.82, 2.24) is 4.98 Å². The van der Waals surface area contributed by atoms with Crippen LogP contribution in [0.5, 0.6) is 0 Å². The van der Waals surface area contributed by atoms with Crippen molar-refractivity contribution in [2.24, 2.45) is 0 Å². The minimum absolute atomic E-state index is 0.286. The summed E-state index contributed by atoms with van der Waals surface area (Å²) >= 11 is 0. The zero-order valence-corrected chi connectivity index (χ0v) is 9.18. The van der Waals surface area contributed by atoms with E-state index in [9.17, 15) is 9.18 Å². The summed E-state index contributed by atoms with van der Waals surface area (Å²) in [6.07, 6.45) is 1.57. The molecule has 0 atom stereocenters. The Kier molecular flexibility index (Phi) is 3.14. The van der Waals surface area contributed by atoms with Crippen LogP contribution in [-0.4, -0.2) is 18.1 Å². The Labute approximate surface area is 97.9 Å². The van der Waals surface area contributed by atoms with Crippen LogP contribution in [-0.2, 0) is 4.74 Å². The van der Waals surface area contributed by atoms with Gasteiger partial charge < -0.3 is 4.74 Å². The van der Waals surface area contributed by atoms with Gasteiger partial charge >= 0.3 is 5.97 Å². The average molecular weight is 231 g/mol. The number of aromatic nitrogens is 1. The van der Waals surface area contributed by atoms with Crippen molar-refractivity contribution in [2.75, 3.05) is 7.11 Å². The van der Waals surface area contributed by atoms with Crippen LogP contribution in [0.25, 0.3) is 11.3 Å². The van der Waals surface area contributed by atoms with Crippen molar-refractivity contribution >= 4 is 5.97 Å². The predicted octanol–water partition coefficient (Wildman–Crippen LogP) is 2.67. The minimum atomic E-state index is -0.498. The molecule has 2 rings (SSSR count). The molecule has 0 unspecified atom stereocenters. The van der Waals surface area contributed by atoms with Crippen LogP contribution in [0.2, 0.25) is 0 Å². The van der Waals surface area contributed by atoms with Gasteiger partial charge in [-0.2, -0.15) is 0 Å². The number of carbonyl (C=O) groups excluding carboxylic acids is 1. The Bertz CT molecular complexity index is 540. The predicted molar refractivity (Wildman–Crippen MR) is 61.0 cm³/mol. The van der Waals surface area contributed by atoms with E-state index in [0.29, 0.717) is 11.3 Å². The number of benzene rings is 1. The molecule has 1 aromatic heterocycles. The number of carbonyl (C=O) groups is 1. The van der Waals surface area contributed by atoms with Gasteiger partial charge in [0.2, 0.25) is 0 Å². The Hall–Kier alpha value is -2.23. The van der Waals surface area contributed by atoms with Crippen LogP contribution >= 0.6 is 0 Å². The number of hydrogen-bond donors (Lipinski definition) is 0. The highest BCUT2D eigenvalue weighted by Crippen LogP contribution is 2.22. The van der Waals surface area contributed by atoms with Crippen molar-refractivity contribution in [3.8, 4) is 11.3 Å². The molecule has 0 aliphatic rings. The molecule has 0 amide bonds. The Morgan fingerprint density at radius 3 is 2.76 bits per heavy atom. The van der Waals surface area contributed by atoms with Gasteiger partial charge in [-0.15, -0.1) is 0 Å². The molecule has 1 heterocycles. The Balaban J connectivity index is 2.50. The zero-order chi connectivity index (χ0) is 12.3. The van der Waals surface area contributed by atoms with Crippen molar-refractivity contribution in [3.05, 3.63) is 54.0 Å². The maximum atomic E-state index is 13.6. The SMILES string of the molecule is COC(=O)c1ccc(F)c(-c2ccccn2)c1. The maximum absolute atomic E-state index is 13.6. The maximum Gasteiger partial charge on any atom is 0.337 e. The number of hydrogen-bond acceptors (Lipinski definition) is 3. The molecule has 0 bridgehead atoms. The Morgan fingerprint density at radius 1 is 1.29 bits per heavy atom. The Morgan fingerprint density at radius 2 is 2.12 bits per heavy atom. The molecule has 4 heteroatoms. The molecule has 0 aliphatic carbocycles. The second kappa shape index (κ2) is 4.74. The molecular formula is C13H10FNO2. The van der Waals surface area contributed by atoms with Gasteiger partial charge in [0, 0.05) is 11.8 Å². The van der Waals surface area contributed by atoms with Gasteiger partial charge in [-0.05, 0) is 30.3 Å². The van der Waals surface area contributed by atoms with E-state index < -0.39 is 11.8 Å². The van der Waals surface area contributed by atoms with Gasteiger partial charge in [-0.1, -0.05) is 6.07 Å². The quantitative estimate of drug-likeness (QED) is 0.746. The van der Waals surface area contributed by atoms with Crippen molar-refractivity contribution in [1.29, 1.82) is 0 Å². The van der Waals surface area contributed by atoms with Crippen molar-refractivity contribution in [3.63, 3.8) is 0 Å². The molecular weight excluding hydrogens is 221 g/mol. The highest BCUT2D eigenvalue weighted by atomic mass is 19.1. The lowest BCUT2D eigenvalue weighted by atomic mass is 10.1. The number of halogens is 1.